The number of amides is 1. The van der Waals surface area contributed by atoms with E-state index in [0.29, 0.717) is 5.75 Å². The molecule has 0 radical (unpaired) electrons. The molecule has 1 unspecified atom stereocenters. The highest BCUT2D eigenvalue weighted by Gasteiger charge is 2.17. The fourth-order valence-electron chi connectivity index (χ4n) is 1.17. The summed E-state index contributed by atoms with van der Waals surface area (Å²) in [6, 6.07) is 8.94. The molecule has 1 atom stereocenters. The smallest absolute Gasteiger partial charge is 0.265 e. The summed E-state index contributed by atoms with van der Waals surface area (Å²) in [6.45, 7) is -0.303. The van der Waals surface area contributed by atoms with Gasteiger partial charge in [0.15, 0.2) is 0 Å². The van der Waals surface area contributed by atoms with E-state index in [4.69, 9.17) is 9.84 Å². The molecule has 1 rings (SSSR count). The fourth-order valence-corrected chi connectivity index (χ4v) is 1.17. The van der Waals surface area contributed by atoms with Crippen LogP contribution in [-0.4, -0.2) is 36.7 Å². The molecule has 0 saturated carbocycles. The van der Waals surface area contributed by atoms with Crippen molar-refractivity contribution in [1.82, 2.24) is 5.32 Å². The van der Waals surface area contributed by atoms with Crippen molar-refractivity contribution in [1.29, 1.82) is 0 Å². The van der Waals surface area contributed by atoms with Crippen molar-refractivity contribution in [2.24, 2.45) is 0 Å². The van der Waals surface area contributed by atoms with Crippen molar-refractivity contribution in [2.45, 2.75) is 19.0 Å². The molecule has 0 fully saturated rings. The number of halogens is 2. The SMILES string of the molecule is O=C(CCOc1ccccc1)NCC(O)C(F)F. The molecule has 0 aliphatic rings. The maximum atomic E-state index is 11.9. The van der Waals surface area contributed by atoms with E-state index in [-0.39, 0.29) is 13.0 Å². The zero-order valence-corrected chi connectivity index (χ0v) is 9.68. The Morgan fingerprint density at radius 1 is 1.33 bits per heavy atom. The molecule has 1 amide bonds. The molecule has 0 spiro atoms. The minimum atomic E-state index is -2.86. The van der Waals surface area contributed by atoms with Crippen LogP contribution in [-0.2, 0) is 4.79 Å². The molecule has 1 aromatic rings. The molecule has 0 heterocycles. The van der Waals surface area contributed by atoms with Gasteiger partial charge in [0.1, 0.15) is 11.9 Å². The molecule has 18 heavy (non-hydrogen) atoms. The van der Waals surface area contributed by atoms with Crippen molar-refractivity contribution in [3.63, 3.8) is 0 Å². The lowest BCUT2D eigenvalue weighted by Gasteiger charge is -2.11. The molecule has 0 aromatic heterocycles. The Kier molecular flexibility index (Phi) is 6.07. The van der Waals surface area contributed by atoms with E-state index in [0.717, 1.165) is 0 Å². The number of carbonyl (C=O) groups is 1. The molecule has 1 aromatic carbocycles. The molecule has 0 aliphatic carbocycles. The van der Waals surface area contributed by atoms with Crippen LogP contribution in [0.15, 0.2) is 30.3 Å². The van der Waals surface area contributed by atoms with E-state index in [2.05, 4.69) is 5.32 Å². The molecule has 0 bridgehead atoms. The normalized spacial score (nSPS) is 12.2. The molecule has 0 saturated heterocycles. The van der Waals surface area contributed by atoms with Crippen LogP contribution >= 0.6 is 0 Å². The molecule has 4 nitrogen and oxygen atoms in total. The quantitative estimate of drug-likeness (QED) is 0.773. The first-order valence-corrected chi connectivity index (χ1v) is 5.50. The Bertz CT molecular complexity index is 360. The predicted octanol–water partition coefficient (Wildman–Crippen LogP) is 1.20. The Hall–Kier alpha value is -1.69. The molecule has 6 heteroatoms. The summed E-state index contributed by atoms with van der Waals surface area (Å²) in [5.41, 5.74) is 0. The summed E-state index contributed by atoms with van der Waals surface area (Å²) < 4.78 is 29.1. The second-order valence-corrected chi connectivity index (χ2v) is 3.62. The molecule has 100 valence electrons. The summed E-state index contributed by atoms with van der Waals surface area (Å²) in [5.74, 6) is 0.198. The summed E-state index contributed by atoms with van der Waals surface area (Å²) in [4.78, 5) is 11.2. The van der Waals surface area contributed by atoms with Gasteiger partial charge in [-0.05, 0) is 12.1 Å². The Balaban J connectivity index is 2.14. The third kappa shape index (κ3) is 5.58. The molecular formula is C12H15F2NO3. The number of benzene rings is 1. The third-order valence-electron chi connectivity index (χ3n) is 2.14. The highest BCUT2D eigenvalue weighted by molar-refractivity contribution is 5.76. The number of rotatable bonds is 7. The molecule has 2 N–H and O–H groups in total. The number of hydrogen-bond donors (Lipinski definition) is 2. The van der Waals surface area contributed by atoms with Gasteiger partial charge in [0.05, 0.1) is 13.0 Å². The monoisotopic (exact) mass is 259 g/mol. The Morgan fingerprint density at radius 2 is 2.00 bits per heavy atom. The van der Waals surface area contributed by atoms with Crippen molar-refractivity contribution < 1.29 is 23.4 Å². The maximum Gasteiger partial charge on any atom is 0.265 e. The standard InChI is InChI=1S/C12H15F2NO3/c13-12(14)10(16)8-15-11(17)6-7-18-9-4-2-1-3-5-9/h1-5,10,12,16H,6-8H2,(H,15,17). The van der Waals surface area contributed by atoms with Gasteiger partial charge >= 0.3 is 0 Å². The van der Waals surface area contributed by atoms with Crippen LogP contribution in [0.3, 0.4) is 0 Å². The third-order valence-corrected chi connectivity index (χ3v) is 2.14. The zero-order valence-electron chi connectivity index (χ0n) is 9.68. The summed E-state index contributed by atoms with van der Waals surface area (Å²) in [6.07, 6.45) is -4.64. The van der Waals surface area contributed by atoms with Gasteiger partial charge in [-0.25, -0.2) is 8.78 Å². The average molecular weight is 259 g/mol. The average Bonchev–Trinajstić information content (AvgIpc) is 2.37. The van der Waals surface area contributed by atoms with Gasteiger partial charge in [0.2, 0.25) is 5.91 Å². The number of para-hydroxylation sites is 1. The first-order valence-electron chi connectivity index (χ1n) is 5.50. The van der Waals surface area contributed by atoms with Gasteiger partial charge in [-0.3, -0.25) is 4.79 Å². The van der Waals surface area contributed by atoms with Gasteiger partial charge in [-0.15, -0.1) is 0 Å². The summed E-state index contributed by atoms with van der Waals surface area (Å²) in [5, 5.41) is 11.0. The van der Waals surface area contributed by atoms with E-state index in [1.807, 2.05) is 6.07 Å². The second-order valence-electron chi connectivity index (χ2n) is 3.62. The number of hydrogen-bond acceptors (Lipinski definition) is 3. The number of aliphatic hydroxyl groups is 1. The van der Waals surface area contributed by atoms with E-state index >= 15 is 0 Å². The first kappa shape index (κ1) is 14.4. The number of ether oxygens (including phenoxy) is 1. The van der Waals surface area contributed by atoms with Crippen LogP contribution in [0.4, 0.5) is 8.78 Å². The second kappa shape index (κ2) is 7.60. The highest BCUT2D eigenvalue weighted by atomic mass is 19.3. The molecular weight excluding hydrogens is 244 g/mol. The molecule has 0 aliphatic heterocycles. The van der Waals surface area contributed by atoms with E-state index in [9.17, 15) is 13.6 Å². The number of aliphatic hydroxyl groups excluding tert-OH is 1. The van der Waals surface area contributed by atoms with Crippen LogP contribution in [0.25, 0.3) is 0 Å². The maximum absolute atomic E-state index is 11.9. The van der Waals surface area contributed by atoms with Gasteiger partial charge in [-0.1, -0.05) is 18.2 Å². The van der Waals surface area contributed by atoms with Gasteiger partial charge in [0, 0.05) is 6.54 Å². The minimum absolute atomic E-state index is 0.0465. The lowest BCUT2D eigenvalue weighted by Crippen LogP contribution is -2.36. The Labute approximate surface area is 104 Å². The van der Waals surface area contributed by atoms with Crippen molar-refractivity contribution in [3.8, 4) is 5.75 Å². The van der Waals surface area contributed by atoms with Gasteiger partial charge in [-0.2, -0.15) is 0 Å². The number of carbonyl (C=O) groups excluding carboxylic acids is 1. The predicted molar refractivity (Wildman–Crippen MR) is 61.6 cm³/mol. The van der Waals surface area contributed by atoms with Crippen LogP contribution < -0.4 is 10.1 Å². The van der Waals surface area contributed by atoms with Gasteiger partial charge in [0.25, 0.3) is 6.43 Å². The van der Waals surface area contributed by atoms with Crippen LogP contribution in [0.1, 0.15) is 6.42 Å². The first-order chi connectivity index (χ1) is 8.59. The topological polar surface area (TPSA) is 58.6 Å². The van der Waals surface area contributed by atoms with Crippen LogP contribution in [0.2, 0.25) is 0 Å². The van der Waals surface area contributed by atoms with Crippen LogP contribution in [0, 0.1) is 0 Å². The van der Waals surface area contributed by atoms with E-state index in [1.54, 1.807) is 24.3 Å². The van der Waals surface area contributed by atoms with Crippen LogP contribution in [0.5, 0.6) is 5.75 Å². The fraction of sp³-hybridized carbons (Fsp3) is 0.417. The largest absolute Gasteiger partial charge is 0.493 e. The highest BCUT2D eigenvalue weighted by Crippen LogP contribution is 2.08. The van der Waals surface area contributed by atoms with Crippen molar-refractivity contribution in [3.05, 3.63) is 30.3 Å². The van der Waals surface area contributed by atoms with E-state index < -0.39 is 25.0 Å². The number of nitrogens with one attached hydrogen (secondary N) is 1. The lowest BCUT2D eigenvalue weighted by molar-refractivity contribution is -0.122. The summed E-state index contributed by atoms with van der Waals surface area (Å²) >= 11 is 0. The Morgan fingerprint density at radius 3 is 2.61 bits per heavy atom. The van der Waals surface area contributed by atoms with Crippen molar-refractivity contribution >= 4 is 5.91 Å². The van der Waals surface area contributed by atoms with E-state index in [1.165, 1.54) is 0 Å². The van der Waals surface area contributed by atoms with Gasteiger partial charge < -0.3 is 15.2 Å². The van der Waals surface area contributed by atoms with Crippen molar-refractivity contribution in [2.75, 3.05) is 13.2 Å². The zero-order chi connectivity index (χ0) is 13.4. The summed E-state index contributed by atoms with van der Waals surface area (Å²) in [7, 11) is 0. The number of alkyl halides is 2. The lowest BCUT2D eigenvalue weighted by atomic mass is 10.3. The minimum Gasteiger partial charge on any atom is -0.493 e.